The van der Waals surface area contributed by atoms with Crippen molar-refractivity contribution in [2.45, 2.75) is 6.42 Å². The number of carboxylic acid groups (broad SMARTS) is 1. The highest BCUT2D eigenvalue weighted by atomic mass is 16.5. The lowest BCUT2D eigenvalue weighted by molar-refractivity contribution is -0.136. The standard InChI is InChI=1S/C13H18N2O4/c1-19-10-8-14-13(18)15(9-7-12(16)17)11-5-3-2-4-6-11/h2-6H,7-10H2,1H3,(H,14,18)(H,16,17). The molecule has 0 unspecified atom stereocenters. The van der Waals surface area contributed by atoms with E-state index in [1.54, 1.807) is 31.4 Å². The van der Waals surface area contributed by atoms with E-state index in [-0.39, 0.29) is 19.0 Å². The molecule has 104 valence electrons. The summed E-state index contributed by atoms with van der Waals surface area (Å²) in [6, 6.07) is 8.62. The second-order valence-electron chi connectivity index (χ2n) is 3.86. The van der Waals surface area contributed by atoms with Crippen LogP contribution in [0.1, 0.15) is 6.42 Å². The molecule has 0 bridgehead atoms. The third-order valence-electron chi connectivity index (χ3n) is 2.44. The van der Waals surface area contributed by atoms with Gasteiger partial charge in [-0.25, -0.2) is 4.79 Å². The molecule has 0 saturated heterocycles. The molecule has 0 radical (unpaired) electrons. The van der Waals surface area contributed by atoms with E-state index in [1.807, 2.05) is 6.07 Å². The van der Waals surface area contributed by atoms with Crippen molar-refractivity contribution in [1.29, 1.82) is 0 Å². The highest BCUT2D eigenvalue weighted by molar-refractivity contribution is 5.92. The van der Waals surface area contributed by atoms with Crippen LogP contribution in [0.2, 0.25) is 0 Å². The number of carbonyl (C=O) groups excluding carboxylic acids is 1. The number of nitrogens with zero attached hydrogens (tertiary/aromatic N) is 1. The number of nitrogens with one attached hydrogen (secondary N) is 1. The minimum Gasteiger partial charge on any atom is -0.481 e. The number of amides is 2. The number of para-hydroxylation sites is 1. The highest BCUT2D eigenvalue weighted by Crippen LogP contribution is 2.13. The van der Waals surface area contributed by atoms with Crippen LogP contribution in [0.5, 0.6) is 0 Å². The molecule has 0 heterocycles. The summed E-state index contributed by atoms with van der Waals surface area (Å²) in [5.41, 5.74) is 0.665. The number of rotatable bonds is 7. The Kier molecular flexibility index (Phi) is 6.38. The lowest BCUT2D eigenvalue weighted by Crippen LogP contribution is -2.42. The molecular formula is C13H18N2O4. The van der Waals surface area contributed by atoms with Gasteiger partial charge in [-0.3, -0.25) is 9.69 Å². The monoisotopic (exact) mass is 266 g/mol. The number of benzene rings is 1. The zero-order chi connectivity index (χ0) is 14.1. The molecule has 1 rings (SSSR count). The molecule has 0 spiro atoms. The summed E-state index contributed by atoms with van der Waals surface area (Å²) in [5, 5.41) is 11.4. The van der Waals surface area contributed by atoms with Crippen LogP contribution in [0.3, 0.4) is 0 Å². The van der Waals surface area contributed by atoms with Crippen LogP contribution in [-0.2, 0) is 9.53 Å². The maximum Gasteiger partial charge on any atom is 0.321 e. The molecule has 0 atom stereocenters. The fourth-order valence-corrected chi connectivity index (χ4v) is 1.52. The first kappa shape index (κ1) is 15.0. The molecule has 0 aromatic heterocycles. The van der Waals surface area contributed by atoms with Crippen molar-refractivity contribution >= 4 is 17.7 Å². The van der Waals surface area contributed by atoms with Gasteiger partial charge in [0.1, 0.15) is 0 Å². The van der Waals surface area contributed by atoms with Crippen LogP contribution in [0, 0.1) is 0 Å². The number of hydrogen-bond donors (Lipinski definition) is 2. The van der Waals surface area contributed by atoms with Crippen molar-refractivity contribution in [3.63, 3.8) is 0 Å². The van der Waals surface area contributed by atoms with Gasteiger partial charge in [0.05, 0.1) is 13.0 Å². The summed E-state index contributed by atoms with van der Waals surface area (Å²) in [6.45, 7) is 0.914. The van der Waals surface area contributed by atoms with Crippen molar-refractivity contribution in [3.05, 3.63) is 30.3 Å². The van der Waals surface area contributed by atoms with E-state index < -0.39 is 5.97 Å². The first-order chi connectivity index (χ1) is 9.15. The molecule has 1 aromatic carbocycles. The molecule has 0 saturated carbocycles. The Morgan fingerprint density at radius 3 is 2.58 bits per heavy atom. The van der Waals surface area contributed by atoms with E-state index in [1.165, 1.54) is 4.90 Å². The number of ether oxygens (including phenoxy) is 1. The molecule has 6 heteroatoms. The first-order valence-corrected chi connectivity index (χ1v) is 5.96. The molecule has 0 aliphatic heterocycles. The SMILES string of the molecule is COCCNC(=O)N(CCC(=O)O)c1ccccc1. The Labute approximate surface area is 112 Å². The van der Waals surface area contributed by atoms with Crippen molar-refractivity contribution < 1.29 is 19.4 Å². The number of urea groups is 1. The normalized spacial score (nSPS) is 9.95. The second kappa shape index (κ2) is 8.10. The van der Waals surface area contributed by atoms with Crippen molar-refractivity contribution in [3.8, 4) is 0 Å². The highest BCUT2D eigenvalue weighted by Gasteiger charge is 2.15. The smallest absolute Gasteiger partial charge is 0.321 e. The number of carboxylic acids is 1. The van der Waals surface area contributed by atoms with Crippen molar-refractivity contribution in [1.82, 2.24) is 5.32 Å². The predicted octanol–water partition coefficient (Wildman–Crippen LogP) is 1.32. The average molecular weight is 266 g/mol. The number of carbonyl (C=O) groups is 2. The molecule has 6 nitrogen and oxygen atoms in total. The maximum absolute atomic E-state index is 12.0. The zero-order valence-electron chi connectivity index (χ0n) is 10.8. The van der Waals surface area contributed by atoms with Gasteiger partial charge in [0, 0.05) is 25.9 Å². The summed E-state index contributed by atoms with van der Waals surface area (Å²) >= 11 is 0. The Balaban J connectivity index is 2.69. The van der Waals surface area contributed by atoms with Crippen LogP contribution in [0.15, 0.2) is 30.3 Å². The number of aliphatic carboxylic acids is 1. The summed E-state index contributed by atoms with van der Waals surface area (Å²) in [7, 11) is 1.55. The van der Waals surface area contributed by atoms with Crippen molar-refractivity contribution in [2.24, 2.45) is 0 Å². The Morgan fingerprint density at radius 1 is 1.32 bits per heavy atom. The van der Waals surface area contributed by atoms with Gasteiger partial charge in [-0.15, -0.1) is 0 Å². The van der Waals surface area contributed by atoms with Crippen LogP contribution in [0.25, 0.3) is 0 Å². The maximum atomic E-state index is 12.0. The Bertz CT molecular complexity index is 408. The molecule has 2 amide bonds. The number of hydrogen-bond acceptors (Lipinski definition) is 3. The van der Waals surface area contributed by atoms with Crippen LogP contribution >= 0.6 is 0 Å². The molecule has 1 aromatic rings. The van der Waals surface area contributed by atoms with E-state index in [0.29, 0.717) is 18.8 Å². The molecule has 2 N–H and O–H groups in total. The van der Waals surface area contributed by atoms with Crippen molar-refractivity contribution in [2.75, 3.05) is 31.7 Å². The number of methoxy groups -OCH3 is 1. The van der Waals surface area contributed by atoms with Gasteiger partial charge in [-0.05, 0) is 12.1 Å². The van der Waals surface area contributed by atoms with Crippen LogP contribution in [-0.4, -0.2) is 43.9 Å². The van der Waals surface area contributed by atoms with E-state index in [4.69, 9.17) is 9.84 Å². The first-order valence-electron chi connectivity index (χ1n) is 5.96. The summed E-state index contributed by atoms with van der Waals surface area (Å²) < 4.78 is 4.85. The van der Waals surface area contributed by atoms with Gasteiger partial charge in [0.2, 0.25) is 0 Å². The van der Waals surface area contributed by atoms with E-state index >= 15 is 0 Å². The van der Waals surface area contributed by atoms with Gasteiger partial charge >= 0.3 is 12.0 Å². The molecule has 19 heavy (non-hydrogen) atoms. The van der Waals surface area contributed by atoms with Gasteiger partial charge < -0.3 is 15.2 Å². The van der Waals surface area contributed by atoms with Gasteiger partial charge in [0.25, 0.3) is 0 Å². The zero-order valence-corrected chi connectivity index (χ0v) is 10.8. The summed E-state index contributed by atoms with van der Waals surface area (Å²) in [6.07, 6.45) is -0.105. The average Bonchev–Trinajstić information content (AvgIpc) is 2.40. The molecule has 0 fully saturated rings. The fraction of sp³-hybridized carbons (Fsp3) is 0.385. The van der Waals surface area contributed by atoms with Gasteiger partial charge in [-0.2, -0.15) is 0 Å². The van der Waals surface area contributed by atoms with E-state index in [9.17, 15) is 9.59 Å². The third-order valence-corrected chi connectivity index (χ3v) is 2.44. The number of anilines is 1. The lowest BCUT2D eigenvalue weighted by Gasteiger charge is -2.22. The summed E-state index contributed by atoms with van der Waals surface area (Å²) in [5.74, 6) is -0.939. The largest absolute Gasteiger partial charge is 0.481 e. The second-order valence-corrected chi connectivity index (χ2v) is 3.86. The molecule has 0 aliphatic rings. The van der Waals surface area contributed by atoms with E-state index in [0.717, 1.165) is 0 Å². The predicted molar refractivity (Wildman–Crippen MR) is 71.3 cm³/mol. The van der Waals surface area contributed by atoms with Gasteiger partial charge in [0.15, 0.2) is 0 Å². The minimum atomic E-state index is -0.939. The molecular weight excluding hydrogens is 248 g/mol. The van der Waals surface area contributed by atoms with E-state index in [2.05, 4.69) is 5.32 Å². The minimum absolute atomic E-state index is 0.105. The molecule has 0 aliphatic carbocycles. The third kappa shape index (κ3) is 5.39. The lowest BCUT2D eigenvalue weighted by atomic mass is 10.3. The van der Waals surface area contributed by atoms with Crippen LogP contribution in [0.4, 0.5) is 10.5 Å². The van der Waals surface area contributed by atoms with Gasteiger partial charge in [-0.1, -0.05) is 18.2 Å². The topological polar surface area (TPSA) is 78.9 Å². The van der Waals surface area contributed by atoms with Crippen LogP contribution < -0.4 is 10.2 Å². The fourth-order valence-electron chi connectivity index (χ4n) is 1.52. The Morgan fingerprint density at radius 2 is 2.00 bits per heavy atom. The summed E-state index contributed by atoms with van der Waals surface area (Å²) in [4.78, 5) is 24.0. The quantitative estimate of drug-likeness (QED) is 0.730. The Hall–Kier alpha value is -2.08.